The minimum absolute atomic E-state index is 0.382. The molecule has 0 aliphatic carbocycles. The van der Waals surface area contributed by atoms with Crippen LogP contribution in [0.1, 0.15) is 155 Å². The lowest BCUT2D eigenvalue weighted by Gasteiger charge is -2.20. The quantitative estimate of drug-likeness (QED) is 0.114. The van der Waals surface area contributed by atoms with Gasteiger partial charge in [-0.25, -0.2) is 0 Å². The Morgan fingerprint density at radius 2 is 0.833 bits per heavy atom. The Labute approximate surface area is 603 Å². The standard InChI is InChI=1S/C27H24N3.C26H30N3.C20H26N3.C18H21N2/c1-19-10-9-14-23(21-11-5-4-6-12-21)27(19)24-16-20(2)26(17-28-24)30-18-22-13-7-8-15-25(22)29(30)3;1-17(2)21-11-9-12-22(18(3)4)26(21)23-14-19(5)25(15-27-23)29-16-20-10-7-8-13-24(20)28(29)6;1-13(2)17-11-15(5)20(19(21-17)14(3)4)23-12-16-9-7-8-10-18(16)22(23)6;1-13(2)15-9-10-17(14(3)11-15)20-12-16-7-5-6-8-18(16)19(20)4/h4-18H,1-3H3;7-18H,1-6H3;7-14H,1-6H3;5-13H,1-4H3/q4*+1. The van der Waals surface area contributed by atoms with Gasteiger partial charge in [-0.3, -0.25) is 15.0 Å². The fraction of sp³-hybridized carbons (Fsp3) is 0.264. The van der Waals surface area contributed by atoms with E-state index in [9.17, 15) is 0 Å². The summed E-state index contributed by atoms with van der Waals surface area (Å²) in [6, 6.07) is 71.0. The smallest absolute Gasteiger partial charge is 0.254 e. The lowest BCUT2D eigenvalue weighted by Crippen LogP contribution is -2.41. The van der Waals surface area contributed by atoms with Crippen LogP contribution in [0.3, 0.4) is 0 Å². The highest BCUT2D eigenvalue weighted by molar-refractivity contribution is 5.85. The summed E-state index contributed by atoms with van der Waals surface area (Å²) in [6.07, 6.45) is 12.8. The van der Waals surface area contributed by atoms with E-state index in [0.717, 1.165) is 22.8 Å². The predicted octanol–water partition coefficient (Wildman–Crippen LogP) is 20.2. The van der Waals surface area contributed by atoms with Crippen molar-refractivity contribution in [2.24, 2.45) is 28.2 Å². The van der Waals surface area contributed by atoms with Crippen molar-refractivity contribution < 1.29 is 18.7 Å². The van der Waals surface area contributed by atoms with Crippen molar-refractivity contribution >= 4 is 43.6 Å². The predicted molar refractivity (Wildman–Crippen MR) is 422 cm³/mol. The SMILES string of the molecule is Cc1cc(-c2c(C(C)C)cccc2C(C)C)ncc1-n1cc2ccccc2[n+]1C.Cc1cc(-c2c(C)cccc2-c2ccccc2)ncc1-n1cc2ccccc2[n+]1C.Cc1cc(C(C)C)ccc1-n1cc2ccccc2[n+]1C.Cc1cc(C(C)C)nc(C(C)C)c1-[n+]1cc2ccccc2n1C. The first-order valence-corrected chi connectivity index (χ1v) is 36.2. The van der Waals surface area contributed by atoms with Crippen molar-refractivity contribution in [2.45, 2.75) is 133 Å². The third kappa shape index (κ3) is 14.3. The lowest BCUT2D eigenvalue weighted by atomic mass is 9.86. The molecule has 15 aromatic rings. The Kier molecular flexibility index (Phi) is 20.9. The number of nitrogens with zero attached hydrogens (tertiary/aromatic N) is 11. The molecule has 102 heavy (non-hydrogen) atoms. The molecule has 0 saturated carbocycles. The summed E-state index contributed by atoms with van der Waals surface area (Å²) in [4.78, 5) is 14.8. The van der Waals surface area contributed by atoms with Crippen LogP contribution in [-0.4, -0.2) is 33.7 Å². The fourth-order valence-corrected chi connectivity index (χ4v) is 14.4. The van der Waals surface area contributed by atoms with Crippen LogP contribution in [0, 0.1) is 34.6 Å². The number of aromatic nitrogens is 11. The number of hydrogen-bond acceptors (Lipinski definition) is 3. The van der Waals surface area contributed by atoms with E-state index in [-0.39, 0.29) is 0 Å². The van der Waals surface area contributed by atoms with E-state index in [1.165, 1.54) is 133 Å². The molecule has 0 fully saturated rings. The number of benzene rings is 8. The highest BCUT2D eigenvalue weighted by atomic mass is 15.4. The normalized spacial score (nSPS) is 11.5. The molecule has 0 saturated heterocycles. The zero-order chi connectivity index (χ0) is 72.4. The molecule has 0 amide bonds. The third-order valence-corrected chi connectivity index (χ3v) is 20.1. The van der Waals surface area contributed by atoms with Gasteiger partial charge in [-0.05, 0) is 163 Å². The van der Waals surface area contributed by atoms with E-state index in [1.807, 2.05) is 12.4 Å². The molecule has 11 heteroatoms. The van der Waals surface area contributed by atoms with E-state index < -0.39 is 0 Å². The monoisotopic (exact) mass is 1350 g/mol. The first-order chi connectivity index (χ1) is 49.0. The average molecular weight is 1350 g/mol. The molecule has 0 radical (unpaired) electrons. The van der Waals surface area contributed by atoms with Gasteiger partial charge in [-0.15, -0.1) is 28.1 Å². The number of fused-ring (bicyclic) bond motifs is 4. The molecule has 8 aromatic carbocycles. The lowest BCUT2D eigenvalue weighted by molar-refractivity contribution is -0.721. The molecule has 516 valence electrons. The topological polar surface area (TPSA) is 73.9 Å². The number of para-hydroxylation sites is 4. The van der Waals surface area contributed by atoms with Gasteiger partial charge in [0.15, 0.2) is 21.1 Å². The van der Waals surface area contributed by atoms with Gasteiger partial charge in [0, 0.05) is 46.5 Å². The van der Waals surface area contributed by atoms with Gasteiger partial charge < -0.3 is 0 Å². The Morgan fingerprint density at radius 3 is 1.29 bits per heavy atom. The zero-order valence-corrected chi connectivity index (χ0v) is 63.3. The second-order valence-electron chi connectivity index (χ2n) is 29.0. The molecule has 0 spiro atoms. The van der Waals surface area contributed by atoms with Crippen LogP contribution in [0.4, 0.5) is 0 Å². The molecule has 11 nitrogen and oxygen atoms in total. The Balaban J connectivity index is 0.000000130. The number of rotatable bonds is 12. The first-order valence-electron chi connectivity index (χ1n) is 36.2. The minimum Gasteiger partial charge on any atom is -0.254 e. The van der Waals surface area contributed by atoms with Gasteiger partial charge in [0.1, 0.15) is 28.3 Å². The highest BCUT2D eigenvalue weighted by Crippen LogP contribution is 2.38. The number of hydrogen-bond donors (Lipinski definition) is 0. The van der Waals surface area contributed by atoms with Crippen LogP contribution in [-0.2, 0) is 28.2 Å². The molecule has 0 atom stereocenters. The fourth-order valence-electron chi connectivity index (χ4n) is 14.4. The van der Waals surface area contributed by atoms with Gasteiger partial charge in [-0.2, -0.15) is 4.68 Å². The van der Waals surface area contributed by atoms with Crippen molar-refractivity contribution in [1.82, 2.24) is 33.7 Å². The molecule has 0 aliphatic rings. The Morgan fingerprint density at radius 1 is 0.373 bits per heavy atom. The highest BCUT2D eigenvalue weighted by Gasteiger charge is 2.28. The molecule has 7 heterocycles. The van der Waals surface area contributed by atoms with Crippen molar-refractivity contribution in [2.75, 3.05) is 0 Å². The number of pyridine rings is 3. The second-order valence-corrected chi connectivity index (χ2v) is 29.0. The largest absolute Gasteiger partial charge is 0.260 e. The van der Waals surface area contributed by atoms with Gasteiger partial charge >= 0.3 is 0 Å². The second kappa shape index (κ2) is 30.1. The molecule has 15 rings (SSSR count). The Hall–Kier alpha value is -10.9. The van der Waals surface area contributed by atoms with E-state index in [2.05, 4.69) is 394 Å². The summed E-state index contributed by atoms with van der Waals surface area (Å²) < 4.78 is 17.6. The maximum Gasteiger partial charge on any atom is 0.260 e. The van der Waals surface area contributed by atoms with Gasteiger partial charge in [0.2, 0.25) is 22.7 Å². The maximum atomic E-state index is 4.99. The summed E-state index contributed by atoms with van der Waals surface area (Å²) in [5, 5.41) is 4.96. The van der Waals surface area contributed by atoms with Crippen molar-refractivity contribution in [3.05, 3.63) is 293 Å². The molecule has 0 bridgehead atoms. The van der Waals surface area contributed by atoms with E-state index in [4.69, 9.17) is 15.0 Å². The van der Waals surface area contributed by atoms with Crippen molar-refractivity contribution in [3.63, 3.8) is 0 Å². The van der Waals surface area contributed by atoms with Crippen LogP contribution >= 0.6 is 0 Å². The van der Waals surface area contributed by atoms with Crippen molar-refractivity contribution in [1.29, 1.82) is 0 Å². The van der Waals surface area contributed by atoms with Crippen LogP contribution in [0.2, 0.25) is 0 Å². The van der Waals surface area contributed by atoms with Crippen LogP contribution in [0.15, 0.2) is 237 Å². The summed E-state index contributed by atoms with van der Waals surface area (Å²) in [5.41, 5.74) is 29.3. The van der Waals surface area contributed by atoms with Crippen LogP contribution in [0.5, 0.6) is 0 Å². The molecule has 7 aromatic heterocycles. The van der Waals surface area contributed by atoms with E-state index in [1.54, 1.807) is 0 Å². The van der Waals surface area contributed by atoms with E-state index in [0.29, 0.717) is 29.6 Å². The van der Waals surface area contributed by atoms with Crippen molar-refractivity contribution in [3.8, 4) is 56.4 Å². The summed E-state index contributed by atoms with van der Waals surface area (Å²) >= 11 is 0. The molecule has 0 unspecified atom stereocenters. The van der Waals surface area contributed by atoms with Gasteiger partial charge in [-0.1, -0.05) is 201 Å². The maximum absolute atomic E-state index is 4.99. The van der Waals surface area contributed by atoms with Crippen LogP contribution in [0.25, 0.3) is 100 Å². The molecule has 0 aliphatic heterocycles. The molecular weight excluding hydrogens is 1250 g/mol. The summed E-state index contributed by atoms with van der Waals surface area (Å²) in [6.45, 7) is 33.2. The number of aryl methyl sites for hydroxylation is 9. The average Bonchev–Trinajstić information content (AvgIpc) is 1.57. The summed E-state index contributed by atoms with van der Waals surface area (Å²) in [5.74, 6) is 2.31. The minimum atomic E-state index is 0.382. The van der Waals surface area contributed by atoms with Gasteiger partial charge in [0.25, 0.3) is 5.69 Å². The summed E-state index contributed by atoms with van der Waals surface area (Å²) in [7, 11) is 8.41. The molecule has 0 N–H and O–H groups in total. The first kappa shape index (κ1) is 70.9. The van der Waals surface area contributed by atoms with Crippen LogP contribution < -0.4 is 18.7 Å². The van der Waals surface area contributed by atoms with Gasteiger partial charge in [0.05, 0.1) is 71.0 Å². The zero-order valence-electron chi connectivity index (χ0n) is 63.3. The van der Waals surface area contributed by atoms with E-state index >= 15 is 0 Å². The molecular formula is C91H101N11+4. The third-order valence-electron chi connectivity index (χ3n) is 20.1. The Bertz CT molecular complexity index is 5490.